The van der Waals surface area contributed by atoms with Crippen LogP contribution >= 0.6 is 0 Å². The summed E-state index contributed by atoms with van der Waals surface area (Å²) in [6.07, 6.45) is 10.6. The second-order valence-corrected chi connectivity index (χ2v) is 4.82. The molecule has 0 aromatic heterocycles. The van der Waals surface area contributed by atoms with Gasteiger partial charge in [-0.25, -0.2) is 4.39 Å². The number of ether oxygens (including phenoxy) is 1. The first-order valence-corrected chi connectivity index (χ1v) is 6.15. The molecule has 82 valence electrons. The van der Waals surface area contributed by atoms with Crippen molar-refractivity contribution in [3.05, 3.63) is 0 Å². The molecule has 2 fully saturated rings. The summed E-state index contributed by atoms with van der Waals surface area (Å²) >= 11 is 0. The Balaban J connectivity index is 1.81. The van der Waals surface area contributed by atoms with Gasteiger partial charge in [0.2, 0.25) is 5.85 Å². The van der Waals surface area contributed by atoms with Gasteiger partial charge in [0, 0.05) is 12.8 Å². The SMILES string of the molecule is FC1(OC2CCCCC2)CCCCC1. The quantitative estimate of drug-likeness (QED) is 0.655. The predicted octanol–water partition coefficient (Wildman–Crippen LogP) is 3.97. The first kappa shape index (κ1) is 10.4. The lowest BCUT2D eigenvalue weighted by Gasteiger charge is -2.34. The van der Waals surface area contributed by atoms with Crippen LogP contribution in [0.1, 0.15) is 64.2 Å². The molecule has 2 aliphatic rings. The van der Waals surface area contributed by atoms with Crippen LogP contribution in [0.15, 0.2) is 0 Å². The van der Waals surface area contributed by atoms with E-state index in [0.717, 1.165) is 25.7 Å². The Morgan fingerprint density at radius 1 is 0.857 bits per heavy atom. The van der Waals surface area contributed by atoms with E-state index in [1.807, 2.05) is 0 Å². The van der Waals surface area contributed by atoms with Crippen molar-refractivity contribution in [3.8, 4) is 0 Å². The molecule has 2 aliphatic carbocycles. The third-order valence-corrected chi connectivity index (χ3v) is 3.53. The lowest BCUT2D eigenvalue weighted by molar-refractivity contribution is -0.201. The third-order valence-electron chi connectivity index (χ3n) is 3.53. The van der Waals surface area contributed by atoms with Crippen LogP contribution in [0, 0.1) is 0 Å². The molecule has 2 heteroatoms. The molecule has 0 amide bonds. The fourth-order valence-electron chi connectivity index (χ4n) is 2.68. The van der Waals surface area contributed by atoms with Gasteiger partial charge in [-0.1, -0.05) is 25.7 Å². The van der Waals surface area contributed by atoms with E-state index in [2.05, 4.69) is 0 Å². The molecule has 14 heavy (non-hydrogen) atoms. The molecule has 2 saturated carbocycles. The fourth-order valence-corrected chi connectivity index (χ4v) is 2.68. The summed E-state index contributed by atoms with van der Waals surface area (Å²) in [5.74, 6) is -1.26. The minimum absolute atomic E-state index is 0.215. The van der Waals surface area contributed by atoms with Crippen LogP contribution in [0.4, 0.5) is 4.39 Å². The zero-order valence-corrected chi connectivity index (χ0v) is 8.93. The first-order chi connectivity index (χ1) is 6.79. The lowest BCUT2D eigenvalue weighted by Crippen LogP contribution is -2.35. The Kier molecular flexibility index (Phi) is 3.42. The molecule has 0 spiro atoms. The van der Waals surface area contributed by atoms with Crippen LogP contribution in [0.2, 0.25) is 0 Å². The van der Waals surface area contributed by atoms with Crippen molar-refractivity contribution in [1.29, 1.82) is 0 Å². The Hall–Kier alpha value is -0.110. The van der Waals surface area contributed by atoms with E-state index in [4.69, 9.17) is 4.74 Å². The summed E-state index contributed by atoms with van der Waals surface area (Å²) in [6.45, 7) is 0. The first-order valence-electron chi connectivity index (χ1n) is 6.15. The van der Waals surface area contributed by atoms with Gasteiger partial charge in [-0.2, -0.15) is 0 Å². The molecular formula is C12H21FO. The summed E-state index contributed by atoms with van der Waals surface area (Å²) in [5.41, 5.74) is 0. The molecule has 0 bridgehead atoms. The van der Waals surface area contributed by atoms with Gasteiger partial charge in [0.15, 0.2) is 0 Å². The van der Waals surface area contributed by atoms with Crippen molar-refractivity contribution in [2.24, 2.45) is 0 Å². The number of hydrogen-bond acceptors (Lipinski definition) is 1. The third kappa shape index (κ3) is 2.69. The zero-order valence-electron chi connectivity index (χ0n) is 8.93. The number of rotatable bonds is 2. The Morgan fingerprint density at radius 3 is 2.07 bits per heavy atom. The maximum atomic E-state index is 14.1. The predicted molar refractivity (Wildman–Crippen MR) is 54.9 cm³/mol. The van der Waals surface area contributed by atoms with Crippen molar-refractivity contribution in [2.45, 2.75) is 76.2 Å². The Morgan fingerprint density at radius 2 is 1.43 bits per heavy atom. The van der Waals surface area contributed by atoms with E-state index in [1.54, 1.807) is 0 Å². The molecule has 0 radical (unpaired) electrons. The van der Waals surface area contributed by atoms with Gasteiger partial charge < -0.3 is 4.74 Å². The number of alkyl halides is 1. The average Bonchev–Trinajstić information content (AvgIpc) is 2.19. The molecular weight excluding hydrogens is 179 g/mol. The largest absolute Gasteiger partial charge is 0.342 e. The number of hydrogen-bond donors (Lipinski definition) is 0. The van der Waals surface area contributed by atoms with Gasteiger partial charge in [-0.15, -0.1) is 0 Å². The maximum absolute atomic E-state index is 14.1. The molecule has 0 unspecified atom stereocenters. The van der Waals surface area contributed by atoms with E-state index < -0.39 is 5.85 Å². The van der Waals surface area contributed by atoms with Gasteiger partial charge in [-0.05, 0) is 25.7 Å². The van der Waals surface area contributed by atoms with Crippen molar-refractivity contribution in [2.75, 3.05) is 0 Å². The van der Waals surface area contributed by atoms with Crippen LogP contribution in [-0.4, -0.2) is 12.0 Å². The van der Waals surface area contributed by atoms with E-state index in [9.17, 15) is 4.39 Å². The van der Waals surface area contributed by atoms with Crippen LogP contribution in [0.5, 0.6) is 0 Å². The molecule has 0 N–H and O–H groups in total. The molecule has 0 saturated heterocycles. The van der Waals surface area contributed by atoms with Crippen molar-refractivity contribution < 1.29 is 9.13 Å². The Labute approximate surface area is 86.0 Å². The smallest absolute Gasteiger partial charge is 0.209 e. The van der Waals surface area contributed by atoms with Gasteiger partial charge in [0.05, 0.1) is 6.10 Å². The van der Waals surface area contributed by atoms with Crippen molar-refractivity contribution >= 4 is 0 Å². The lowest BCUT2D eigenvalue weighted by atomic mass is 9.93. The molecule has 0 atom stereocenters. The fraction of sp³-hybridized carbons (Fsp3) is 1.00. The minimum atomic E-state index is -1.26. The van der Waals surface area contributed by atoms with Crippen molar-refractivity contribution in [1.82, 2.24) is 0 Å². The molecule has 2 rings (SSSR count). The topological polar surface area (TPSA) is 9.23 Å². The standard InChI is InChI=1S/C12H21FO/c13-12(9-5-2-6-10-12)14-11-7-3-1-4-8-11/h11H,1-10H2. The van der Waals surface area contributed by atoms with E-state index in [1.165, 1.54) is 25.7 Å². The van der Waals surface area contributed by atoms with Crippen molar-refractivity contribution in [3.63, 3.8) is 0 Å². The summed E-state index contributed by atoms with van der Waals surface area (Å²) < 4.78 is 19.8. The van der Waals surface area contributed by atoms with Crippen LogP contribution in [0.25, 0.3) is 0 Å². The van der Waals surface area contributed by atoms with E-state index >= 15 is 0 Å². The minimum Gasteiger partial charge on any atom is -0.342 e. The monoisotopic (exact) mass is 200 g/mol. The van der Waals surface area contributed by atoms with Gasteiger partial charge in [-0.3, -0.25) is 0 Å². The molecule has 0 aromatic carbocycles. The summed E-state index contributed by atoms with van der Waals surface area (Å²) in [7, 11) is 0. The number of halogens is 1. The molecule has 1 nitrogen and oxygen atoms in total. The summed E-state index contributed by atoms with van der Waals surface area (Å²) in [5, 5.41) is 0. The van der Waals surface area contributed by atoms with Crippen LogP contribution in [0.3, 0.4) is 0 Å². The van der Waals surface area contributed by atoms with Crippen LogP contribution < -0.4 is 0 Å². The van der Waals surface area contributed by atoms with Crippen LogP contribution in [-0.2, 0) is 4.74 Å². The van der Waals surface area contributed by atoms with E-state index in [0.29, 0.717) is 12.8 Å². The highest BCUT2D eigenvalue weighted by Crippen LogP contribution is 2.36. The zero-order chi connectivity index (χ0) is 9.86. The highest BCUT2D eigenvalue weighted by Gasteiger charge is 2.35. The molecule has 0 heterocycles. The second kappa shape index (κ2) is 4.61. The highest BCUT2D eigenvalue weighted by molar-refractivity contribution is 4.77. The highest BCUT2D eigenvalue weighted by atomic mass is 19.2. The van der Waals surface area contributed by atoms with Gasteiger partial charge >= 0.3 is 0 Å². The second-order valence-electron chi connectivity index (χ2n) is 4.82. The van der Waals surface area contributed by atoms with Gasteiger partial charge in [0.1, 0.15) is 0 Å². The van der Waals surface area contributed by atoms with Gasteiger partial charge in [0.25, 0.3) is 0 Å². The van der Waals surface area contributed by atoms with E-state index in [-0.39, 0.29) is 6.10 Å². The average molecular weight is 200 g/mol. The molecule has 0 aliphatic heterocycles. The summed E-state index contributed by atoms with van der Waals surface area (Å²) in [4.78, 5) is 0. The molecule has 0 aromatic rings. The maximum Gasteiger partial charge on any atom is 0.209 e. The Bertz CT molecular complexity index is 169. The summed E-state index contributed by atoms with van der Waals surface area (Å²) in [6, 6.07) is 0. The normalized spacial score (nSPS) is 28.9.